The van der Waals surface area contributed by atoms with Crippen molar-refractivity contribution < 1.29 is 37.0 Å². The Morgan fingerprint density at radius 1 is 0.918 bits per heavy atom. The number of hydrogen-bond acceptors (Lipinski definition) is 12. The van der Waals surface area contributed by atoms with Crippen LogP contribution in [0.25, 0.3) is 11.3 Å². The summed E-state index contributed by atoms with van der Waals surface area (Å²) in [6.07, 6.45) is -1.33. The zero-order chi connectivity index (χ0) is 42.8. The lowest BCUT2D eigenvalue weighted by atomic mass is 10.0. The summed E-state index contributed by atoms with van der Waals surface area (Å²) in [7, 11) is 0. The van der Waals surface area contributed by atoms with Crippen LogP contribution in [0, 0.1) is 5.82 Å². The molecule has 0 fully saturated rings. The van der Waals surface area contributed by atoms with E-state index in [4.69, 9.17) is 4.74 Å². The molecule has 0 bridgehead atoms. The van der Waals surface area contributed by atoms with Gasteiger partial charge in [0.05, 0.1) is 24.1 Å². The number of benzene rings is 4. The second-order valence-electron chi connectivity index (χ2n) is 13.6. The average Bonchev–Trinajstić information content (AvgIpc) is 4.03. The molecule has 18 heteroatoms. The van der Waals surface area contributed by atoms with Crippen molar-refractivity contribution in [3.05, 3.63) is 147 Å². The topological polar surface area (TPSA) is 153 Å². The second-order valence-corrected chi connectivity index (χ2v) is 15.4. The number of halogens is 4. The van der Waals surface area contributed by atoms with Gasteiger partial charge in [-0.05, 0) is 48.6 Å². The minimum absolute atomic E-state index is 0.0625. The van der Waals surface area contributed by atoms with Crippen LogP contribution in [0.1, 0.15) is 50.3 Å². The number of carbonyl (C=O) groups excluding carboxylic acids is 2. The van der Waals surface area contributed by atoms with E-state index in [0.29, 0.717) is 64.6 Å². The van der Waals surface area contributed by atoms with Crippen LogP contribution in [0.2, 0.25) is 0 Å². The van der Waals surface area contributed by atoms with E-state index in [9.17, 15) is 32.3 Å². The number of nitrogens with zero attached hydrogens (tertiary/aromatic N) is 5. The normalized spacial score (nSPS) is 13.5. The second kappa shape index (κ2) is 19.8. The van der Waals surface area contributed by atoms with Gasteiger partial charge >= 0.3 is 12.1 Å². The average molecular weight is 871 g/mol. The fraction of sp³-hybridized carbons (Fsp3) is 0.209. The molecule has 0 saturated carbocycles. The van der Waals surface area contributed by atoms with Gasteiger partial charge in [-0.2, -0.15) is 28.4 Å². The lowest BCUT2D eigenvalue weighted by Crippen LogP contribution is -2.28. The Morgan fingerprint density at radius 2 is 1.67 bits per heavy atom. The summed E-state index contributed by atoms with van der Waals surface area (Å²) in [5, 5.41) is 28.0. The fourth-order valence-electron chi connectivity index (χ4n) is 6.21. The number of amides is 2. The highest BCUT2D eigenvalue weighted by Gasteiger charge is 2.36. The van der Waals surface area contributed by atoms with E-state index in [1.54, 1.807) is 6.07 Å². The lowest BCUT2D eigenvalue weighted by Gasteiger charge is -2.15. The molecule has 0 atom stereocenters. The Hall–Kier alpha value is -6.34. The Kier molecular flexibility index (Phi) is 13.9. The highest BCUT2D eigenvalue weighted by atomic mass is 32.1. The van der Waals surface area contributed by atoms with Crippen LogP contribution in [-0.4, -0.2) is 58.0 Å². The number of ether oxygens (including phenoxy) is 1. The number of unbranched alkanes of at least 4 members (excludes halogenated alkanes) is 1. The maximum atomic E-state index is 13.8. The molecule has 2 amide bonds. The third-order valence-electron chi connectivity index (χ3n) is 9.24. The molecule has 4 aromatic carbocycles. The zero-order valence-corrected chi connectivity index (χ0v) is 33.9. The first-order valence-electron chi connectivity index (χ1n) is 19.1. The third-order valence-corrected chi connectivity index (χ3v) is 11.0. The van der Waals surface area contributed by atoms with Crippen LogP contribution in [0.4, 0.5) is 27.8 Å². The van der Waals surface area contributed by atoms with Crippen molar-refractivity contribution in [1.29, 1.82) is 0 Å². The number of alkyl halides is 3. The number of carbonyl (C=O) groups is 2. The van der Waals surface area contributed by atoms with Crippen molar-refractivity contribution in [2.45, 2.75) is 38.6 Å². The van der Waals surface area contributed by atoms with Crippen LogP contribution in [0.15, 0.2) is 119 Å². The number of nitrogens with one attached hydrogen (secondary N) is 3. The molecule has 314 valence electrons. The summed E-state index contributed by atoms with van der Waals surface area (Å²) in [5.74, 6) is -1.69. The van der Waals surface area contributed by atoms with Crippen LogP contribution < -0.4 is 25.8 Å². The number of aliphatic hydroxyl groups is 1. The van der Waals surface area contributed by atoms with Gasteiger partial charge in [-0.15, -0.1) is 11.3 Å². The molecule has 12 nitrogen and oxygen atoms in total. The SMILES string of the molecule is O=C(NCCCCc1ccc(OCc2ccc(F)c(C(F)(F)F)c2)c(CNCCO)c1)c1cnc(NN=C2C(=O)N(c3nc(-c4ccccc4)cs3)N=C2c2ccccc2)s1. The van der Waals surface area contributed by atoms with Crippen molar-refractivity contribution in [2.24, 2.45) is 10.2 Å². The molecule has 0 unspecified atom stereocenters. The first-order valence-corrected chi connectivity index (χ1v) is 20.8. The first kappa shape index (κ1) is 42.8. The molecular formula is C43H38F4N8O4S2. The van der Waals surface area contributed by atoms with Gasteiger partial charge in [-0.25, -0.2) is 14.4 Å². The number of thiazole rings is 2. The molecule has 1 aliphatic heterocycles. The molecule has 7 rings (SSSR count). The number of aliphatic hydroxyl groups excluding tert-OH is 1. The van der Waals surface area contributed by atoms with Crippen LogP contribution in [0.5, 0.6) is 5.75 Å². The summed E-state index contributed by atoms with van der Waals surface area (Å²) in [5.41, 5.74) is 6.11. The van der Waals surface area contributed by atoms with Gasteiger partial charge in [0.15, 0.2) is 5.71 Å². The maximum Gasteiger partial charge on any atom is 0.419 e. The molecule has 0 radical (unpaired) electrons. The quantitative estimate of drug-likeness (QED) is 0.0385. The highest BCUT2D eigenvalue weighted by Crippen LogP contribution is 2.33. The predicted molar refractivity (Wildman–Crippen MR) is 227 cm³/mol. The van der Waals surface area contributed by atoms with Crippen LogP contribution in [-0.2, 0) is 30.5 Å². The van der Waals surface area contributed by atoms with Gasteiger partial charge in [-0.1, -0.05) is 90.2 Å². The molecule has 0 saturated heterocycles. The van der Waals surface area contributed by atoms with Crippen molar-refractivity contribution in [3.8, 4) is 17.0 Å². The summed E-state index contributed by atoms with van der Waals surface area (Å²) in [4.78, 5) is 36.0. The van der Waals surface area contributed by atoms with E-state index in [1.165, 1.54) is 28.6 Å². The number of aryl methyl sites for hydroxylation is 1. The number of rotatable bonds is 18. The van der Waals surface area contributed by atoms with Crippen LogP contribution in [0.3, 0.4) is 0 Å². The maximum absolute atomic E-state index is 13.8. The summed E-state index contributed by atoms with van der Waals surface area (Å²) >= 11 is 2.37. The summed E-state index contributed by atoms with van der Waals surface area (Å²) in [6.45, 7) is 0.786. The molecule has 1 aliphatic rings. The molecule has 0 aliphatic carbocycles. The van der Waals surface area contributed by atoms with Crippen molar-refractivity contribution in [3.63, 3.8) is 0 Å². The predicted octanol–water partition coefficient (Wildman–Crippen LogP) is 8.06. The summed E-state index contributed by atoms with van der Waals surface area (Å²) in [6, 6.07) is 27.1. The van der Waals surface area contributed by atoms with Gasteiger partial charge in [0, 0.05) is 41.7 Å². The van der Waals surface area contributed by atoms with E-state index in [1.807, 2.05) is 78.2 Å². The van der Waals surface area contributed by atoms with Crippen LogP contribution >= 0.6 is 22.7 Å². The molecule has 6 aromatic rings. The van der Waals surface area contributed by atoms with E-state index in [0.717, 1.165) is 52.3 Å². The number of anilines is 2. The van der Waals surface area contributed by atoms with E-state index in [2.05, 4.69) is 36.2 Å². The Labute approximate surface area is 355 Å². The van der Waals surface area contributed by atoms with Gasteiger partial charge < -0.3 is 20.5 Å². The number of hydrogen-bond donors (Lipinski definition) is 4. The zero-order valence-electron chi connectivity index (χ0n) is 32.3. The van der Waals surface area contributed by atoms with E-state index in [-0.39, 0.29) is 30.4 Å². The summed E-state index contributed by atoms with van der Waals surface area (Å²) < 4.78 is 59.2. The molecular weight excluding hydrogens is 833 g/mol. The third kappa shape index (κ3) is 10.9. The van der Waals surface area contributed by atoms with Gasteiger partial charge in [-0.3, -0.25) is 15.0 Å². The van der Waals surface area contributed by atoms with Crippen molar-refractivity contribution in [1.82, 2.24) is 20.6 Å². The Balaban J connectivity index is 0.921. The highest BCUT2D eigenvalue weighted by molar-refractivity contribution is 7.17. The van der Waals surface area contributed by atoms with Crippen molar-refractivity contribution in [2.75, 3.05) is 30.1 Å². The van der Waals surface area contributed by atoms with Gasteiger partial charge in [0.2, 0.25) is 10.3 Å². The molecule has 0 spiro atoms. The largest absolute Gasteiger partial charge is 0.489 e. The van der Waals surface area contributed by atoms with Gasteiger partial charge in [0.1, 0.15) is 28.8 Å². The molecule has 4 N–H and O–H groups in total. The first-order chi connectivity index (χ1) is 29.6. The standard InChI is InChI=1S/C43H38F4N8O4S2/c44-33-16-14-28(22-32(33)43(45,46)47)25-59-35-17-15-27(21-31(35)23-48-19-20-56)9-7-8-18-49-39(57)36-24-50-41(61-36)53-52-38-37(30-12-5-2-6-13-30)54-55(40(38)58)42-51-34(26-60-42)29-10-3-1-4-11-29/h1-6,10-17,21-22,24,26,48,56H,7-9,18-20,23,25H2,(H,49,57)(H,50,53). The smallest absolute Gasteiger partial charge is 0.419 e. The minimum atomic E-state index is -4.83. The number of hydrazone groups is 2. The van der Waals surface area contributed by atoms with E-state index < -0.39 is 23.5 Å². The molecule has 61 heavy (non-hydrogen) atoms. The monoisotopic (exact) mass is 870 g/mol. The molecule has 2 aromatic heterocycles. The number of aromatic nitrogens is 2. The fourth-order valence-corrected chi connectivity index (χ4v) is 7.66. The van der Waals surface area contributed by atoms with E-state index >= 15 is 0 Å². The molecule has 3 heterocycles. The Bertz CT molecular complexity index is 2530. The minimum Gasteiger partial charge on any atom is -0.489 e. The Morgan fingerprint density at radius 3 is 2.43 bits per heavy atom. The van der Waals surface area contributed by atoms with Gasteiger partial charge in [0.25, 0.3) is 5.91 Å². The van der Waals surface area contributed by atoms with Crippen molar-refractivity contribution >= 4 is 56.2 Å². The lowest BCUT2D eigenvalue weighted by molar-refractivity contribution is -0.140.